The summed E-state index contributed by atoms with van der Waals surface area (Å²) in [7, 11) is 1.82. The van der Waals surface area contributed by atoms with Crippen molar-refractivity contribution >= 4 is 40.1 Å². The summed E-state index contributed by atoms with van der Waals surface area (Å²) in [6.07, 6.45) is 2.84. The van der Waals surface area contributed by atoms with Gasteiger partial charge in [0.2, 0.25) is 0 Å². The molecule has 2 aromatic heterocycles. The highest BCUT2D eigenvalue weighted by atomic mass is 32.2. The van der Waals surface area contributed by atoms with E-state index in [-0.39, 0.29) is 11.4 Å². The van der Waals surface area contributed by atoms with Crippen LogP contribution >= 0.6 is 23.1 Å². The van der Waals surface area contributed by atoms with Crippen LogP contribution in [0.15, 0.2) is 12.3 Å². The minimum Gasteiger partial charge on any atom is -0.301 e. The number of nitrogens with one attached hydrogen (secondary N) is 2. The van der Waals surface area contributed by atoms with Gasteiger partial charge in [0.15, 0.2) is 5.13 Å². The molecule has 3 rings (SSSR count). The first kappa shape index (κ1) is 20.2. The number of aryl methyl sites for hydroxylation is 1. The number of carbonyl (C=O) groups is 1. The quantitative estimate of drug-likeness (QED) is 0.793. The Morgan fingerprint density at radius 2 is 2.00 bits per heavy atom. The molecule has 1 saturated heterocycles. The van der Waals surface area contributed by atoms with Crippen LogP contribution in [0.1, 0.15) is 31.3 Å². The van der Waals surface area contributed by atoms with Crippen LogP contribution in [0, 0.1) is 0 Å². The second kappa shape index (κ2) is 8.62. The number of urea groups is 1. The van der Waals surface area contributed by atoms with Gasteiger partial charge in [0.25, 0.3) is 0 Å². The van der Waals surface area contributed by atoms with Gasteiger partial charge in [-0.15, -0.1) is 11.3 Å². The molecular weight excluding hydrogens is 380 g/mol. The Morgan fingerprint density at radius 3 is 2.67 bits per heavy atom. The van der Waals surface area contributed by atoms with Gasteiger partial charge in [0, 0.05) is 60.7 Å². The van der Waals surface area contributed by atoms with Gasteiger partial charge in [-0.1, -0.05) is 20.8 Å². The van der Waals surface area contributed by atoms with Crippen LogP contribution < -0.4 is 10.6 Å². The average Bonchev–Trinajstić information content (AvgIpc) is 3.20. The molecule has 27 heavy (non-hydrogen) atoms. The van der Waals surface area contributed by atoms with Gasteiger partial charge in [-0.05, 0) is 6.42 Å². The predicted molar refractivity (Wildman–Crippen MR) is 114 cm³/mol. The van der Waals surface area contributed by atoms with Crippen LogP contribution in [0.4, 0.5) is 15.7 Å². The van der Waals surface area contributed by atoms with Gasteiger partial charge < -0.3 is 4.90 Å². The summed E-state index contributed by atoms with van der Waals surface area (Å²) in [4.78, 5) is 20.3. The Bertz CT molecular complexity index is 773. The van der Waals surface area contributed by atoms with Crippen molar-refractivity contribution in [3.8, 4) is 0 Å². The fraction of sp³-hybridized carbons (Fsp3) is 0.611. The van der Waals surface area contributed by atoms with Gasteiger partial charge in [-0.2, -0.15) is 16.9 Å². The topological polar surface area (TPSA) is 75.1 Å². The van der Waals surface area contributed by atoms with Crippen molar-refractivity contribution in [3.05, 3.63) is 22.8 Å². The van der Waals surface area contributed by atoms with E-state index in [0.717, 1.165) is 31.7 Å². The van der Waals surface area contributed by atoms with Crippen LogP contribution in [0.2, 0.25) is 0 Å². The molecule has 0 spiro atoms. The first-order valence-corrected chi connectivity index (χ1v) is 11.2. The third kappa shape index (κ3) is 5.70. The van der Waals surface area contributed by atoms with Gasteiger partial charge in [0.1, 0.15) is 5.82 Å². The average molecular weight is 409 g/mol. The van der Waals surface area contributed by atoms with Crippen molar-refractivity contribution in [2.75, 3.05) is 41.8 Å². The van der Waals surface area contributed by atoms with Gasteiger partial charge in [-0.25, -0.2) is 9.78 Å². The fourth-order valence-corrected chi connectivity index (χ4v) is 4.54. The lowest BCUT2D eigenvalue weighted by molar-refractivity contribution is 0.262. The minimum atomic E-state index is -0.299. The van der Waals surface area contributed by atoms with Gasteiger partial charge in [-0.3, -0.25) is 15.3 Å². The number of thioether (sulfide) groups is 1. The molecule has 1 aliphatic heterocycles. The highest BCUT2D eigenvalue weighted by Crippen LogP contribution is 2.24. The molecule has 7 nitrogen and oxygen atoms in total. The first-order chi connectivity index (χ1) is 12.8. The largest absolute Gasteiger partial charge is 0.326 e. The number of nitrogens with zero attached hydrogens (tertiary/aromatic N) is 4. The normalized spacial score (nSPS) is 15.7. The number of hydrogen-bond acceptors (Lipinski definition) is 6. The van der Waals surface area contributed by atoms with E-state index in [0.29, 0.717) is 10.9 Å². The van der Waals surface area contributed by atoms with Crippen molar-refractivity contribution in [3.63, 3.8) is 0 Å². The molecule has 0 aromatic carbocycles. The maximum atomic E-state index is 12.3. The summed E-state index contributed by atoms with van der Waals surface area (Å²) < 4.78 is 1.68. The third-order valence-corrected chi connectivity index (χ3v) is 6.36. The summed E-state index contributed by atoms with van der Waals surface area (Å²) in [5.41, 5.74) is 0.874. The number of aromatic nitrogens is 3. The smallest absolute Gasteiger partial charge is 0.301 e. The fourth-order valence-electron chi connectivity index (χ4n) is 2.77. The molecule has 2 aromatic rings. The monoisotopic (exact) mass is 408 g/mol. The predicted octanol–water partition coefficient (Wildman–Crippen LogP) is 3.41. The van der Waals surface area contributed by atoms with E-state index in [1.807, 2.05) is 31.1 Å². The summed E-state index contributed by atoms with van der Waals surface area (Å²) in [5.74, 6) is 3.11. The Hall–Kier alpha value is -1.58. The summed E-state index contributed by atoms with van der Waals surface area (Å²) >= 11 is 3.56. The molecule has 1 fully saturated rings. The molecule has 0 unspecified atom stereocenters. The molecular formula is C18H28N6OS2. The Labute approximate surface area is 168 Å². The van der Waals surface area contributed by atoms with Crippen LogP contribution in [0.5, 0.6) is 0 Å². The summed E-state index contributed by atoms with van der Waals surface area (Å²) in [5, 5.41) is 10.8. The van der Waals surface area contributed by atoms with Crippen molar-refractivity contribution in [2.45, 2.75) is 32.6 Å². The number of amides is 2. The number of rotatable bonds is 5. The summed E-state index contributed by atoms with van der Waals surface area (Å²) in [6.45, 7) is 9.67. The molecule has 0 radical (unpaired) electrons. The minimum absolute atomic E-state index is 0.0641. The second-order valence-electron chi connectivity index (χ2n) is 7.70. The van der Waals surface area contributed by atoms with E-state index >= 15 is 0 Å². The Balaban J connectivity index is 1.51. The zero-order valence-electron chi connectivity index (χ0n) is 16.4. The molecule has 3 heterocycles. The van der Waals surface area contributed by atoms with Crippen molar-refractivity contribution in [1.82, 2.24) is 19.7 Å². The van der Waals surface area contributed by atoms with Crippen LogP contribution in [0.25, 0.3) is 0 Å². The number of thiazole rings is 1. The molecule has 0 aliphatic carbocycles. The molecule has 148 valence electrons. The maximum absolute atomic E-state index is 12.3. The maximum Gasteiger partial charge on any atom is 0.326 e. The lowest BCUT2D eigenvalue weighted by atomic mass is 9.92. The lowest BCUT2D eigenvalue weighted by Gasteiger charge is -2.25. The highest BCUT2D eigenvalue weighted by Gasteiger charge is 2.20. The molecule has 2 amide bonds. The van der Waals surface area contributed by atoms with Gasteiger partial charge in [0.05, 0.1) is 5.69 Å². The third-order valence-electron chi connectivity index (χ3n) is 4.44. The zero-order chi connectivity index (χ0) is 19.4. The van der Waals surface area contributed by atoms with Gasteiger partial charge >= 0.3 is 6.03 Å². The molecule has 0 bridgehead atoms. The van der Waals surface area contributed by atoms with Crippen molar-refractivity contribution in [1.29, 1.82) is 0 Å². The van der Waals surface area contributed by atoms with E-state index in [1.165, 1.54) is 27.7 Å². The zero-order valence-corrected chi connectivity index (χ0v) is 18.0. The van der Waals surface area contributed by atoms with E-state index in [9.17, 15) is 4.79 Å². The molecule has 0 saturated carbocycles. The molecule has 1 aliphatic rings. The molecule has 0 atom stereocenters. The first-order valence-electron chi connectivity index (χ1n) is 9.18. The van der Waals surface area contributed by atoms with Crippen molar-refractivity contribution < 1.29 is 4.79 Å². The van der Waals surface area contributed by atoms with Crippen LogP contribution in [0.3, 0.4) is 0 Å². The van der Waals surface area contributed by atoms with E-state index in [4.69, 9.17) is 0 Å². The van der Waals surface area contributed by atoms with Crippen LogP contribution in [-0.2, 0) is 18.9 Å². The number of hydrogen-bond donors (Lipinski definition) is 2. The van der Waals surface area contributed by atoms with E-state index in [2.05, 4.69) is 46.4 Å². The van der Waals surface area contributed by atoms with E-state index < -0.39 is 0 Å². The number of carbonyl (C=O) groups excluding carboxylic acids is 1. The standard InChI is InChI=1S/C18H28N6OS2/c1-18(2,3)14-11-15(23(4)22-14)20-16(25)21-17-19-12-13(27-17)5-6-24-7-9-26-10-8-24/h11-12H,5-10H2,1-4H3,(H2,19,20,21,25). The molecule has 2 N–H and O–H groups in total. The summed E-state index contributed by atoms with van der Waals surface area (Å²) in [6, 6.07) is 1.61. The highest BCUT2D eigenvalue weighted by molar-refractivity contribution is 7.99. The Kier molecular flexibility index (Phi) is 6.44. The Morgan fingerprint density at radius 1 is 1.26 bits per heavy atom. The second-order valence-corrected chi connectivity index (χ2v) is 10.0. The number of anilines is 2. The van der Waals surface area contributed by atoms with E-state index in [1.54, 1.807) is 4.68 Å². The van der Waals surface area contributed by atoms with Crippen molar-refractivity contribution in [2.24, 2.45) is 7.05 Å². The lowest BCUT2D eigenvalue weighted by Crippen LogP contribution is -2.34. The molecule has 9 heteroatoms. The van der Waals surface area contributed by atoms with Crippen LogP contribution in [-0.4, -0.2) is 56.8 Å². The SMILES string of the molecule is Cn1nc(C(C)(C)C)cc1NC(=O)Nc1ncc(CCN2CCSCC2)s1.